The third-order valence-electron chi connectivity index (χ3n) is 5.83. The van der Waals surface area contributed by atoms with E-state index >= 15 is 0 Å². The van der Waals surface area contributed by atoms with Crippen molar-refractivity contribution in [3.8, 4) is 0 Å². The fourth-order valence-electron chi connectivity index (χ4n) is 3.89. The molecule has 2 aromatic carbocycles. The Kier molecular flexibility index (Phi) is 11.7. The van der Waals surface area contributed by atoms with Crippen molar-refractivity contribution in [2.45, 2.75) is 67.2 Å². The monoisotopic (exact) mass is 551 g/mol. The molecule has 0 radical (unpaired) electrons. The normalized spacial score (nSPS) is 12.2. The Labute approximate surface area is 225 Å². The molecular formula is C29H35Cl2FeN3. The molecule has 0 saturated heterocycles. The molecule has 0 aliphatic heterocycles. The van der Waals surface area contributed by atoms with E-state index in [9.17, 15) is 0 Å². The fourth-order valence-corrected chi connectivity index (χ4v) is 3.89. The Hall–Kier alpha value is -1.97. The van der Waals surface area contributed by atoms with Gasteiger partial charge in [0.25, 0.3) is 0 Å². The van der Waals surface area contributed by atoms with Gasteiger partial charge in [0.15, 0.2) is 0 Å². The molecule has 0 N–H and O–H groups in total. The van der Waals surface area contributed by atoms with Crippen molar-refractivity contribution in [2.24, 2.45) is 9.98 Å². The van der Waals surface area contributed by atoms with Crippen LogP contribution < -0.4 is 0 Å². The summed E-state index contributed by atoms with van der Waals surface area (Å²) in [7, 11) is 9.53. The third kappa shape index (κ3) is 8.02. The predicted molar refractivity (Wildman–Crippen MR) is 150 cm³/mol. The molecule has 35 heavy (non-hydrogen) atoms. The van der Waals surface area contributed by atoms with Crippen molar-refractivity contribution in [2.75, 3.05) is 0 Å². The predicted octanol–water partition coefficient (Wildman–Crippen LogP) is 9.60. The molecule has 0 amide bonds. The van der Waals surface area contributed by atoms with Crippen molar-refractivity contribution in [3.63, 3.8) is 0 Å². The number of para-hydroxylation sites is 2. The van der Waals surface area contributed by atoms with E-state index < -0.39 is 0 Å². The average Bonchev–Trinajstić information content (AvgIpc) is 2.81. The quantitative estimate of drug-likeness (QED) is 0.222. The molecule has 3 aromatic rings. The second kappa shape index (κ2) is 13.9. The Bertz CT molecular complexity index is 1110. The maximum absolute atomic E-state index is 5.00. The van der Waals surface area contributed by atoms with Gasteiger partial charge >= 0.3 is 33.3 Å². The number of halogens is 2. The van der Waals surface area contributed by atoms with Gasteiger partial charge in [0.2, 0.25) is 0 Å². The Morgan fingerprint density at radius 2 is 1.03 bits per heavy atom. The van der Waals surface area contributed by atoms with E-state index in [1.165, 1.54) is 22.3 Å². The van der Waals surface area contributed by atoms with Gasteiger partial charge in [0, 0.05) is 0 Å². The van der Waals surface area contributed by atoms with Crippen LogP contribution in [0.2, 0.25) is 0 Å². The zero-order valence-corrected chi connectivity index (χ0v) is 24.4. The molecule has 0 fully saturated rings. The number of benzene rings is 2. The average molecular weight is 552 g/mol. The van der Waals surface area contributed by atoms with Gasteiger partial charge in [0.05, 0.1) is 34.2 Å². The van der Waals surface area contributed by atoms with E-state index in [2.05, 4.69) is 77.9 Å². The molecule has 6 heteroatoms. The van der Waals surface area contributed by atoms with Crippen LogP contribution in [0.1, 0.15) is 87.0 Å². The van der Waals surface area contributed by atoms with Crippen LogP contribution in [-0.2, 0) is 13.1 Å². The van der Waals surface area contributed by atoms with E-state index in [1.54, 1.807) is 0 Å². The molecule has 1 aromatic heterocycles. The van der Waals surface area contributed by atoms with E-state index in [0.29, 0.717) is 11.8 Å². The van der Waals surface area contributed by atoms with E-state index in [0.717, 1.165) is 34.2 Å². The molecule has 0 aliphatic carbocycles. The van der Waals surface area contributed by atoms with Gasteiger partial charge in [-0.2, -0.15) is 0 Å². The summed E-state index contributed by atoms with van der Waals surface area (Å²) >= 11 is 0.194. The molecule has 0 atom stereocenters. The number of aryl methyl sites for hydroxylation is 2. The van der Waals surface area contributed by atoms with Crippen LogP contribution >= 0.6 is 20.2 Å². The van der Waals surface area contributed by atoms with E-state index in [4.69, 9.17) is 35.2 Å². The first-order chi connectivity index (χ1) is 16.6. The molecule has 0 bridgehead atoms. The molecule has 0 unspecified atom stereocenters. The van der Waals surface area contributed by atoms with E-state index in [-0.39, 0.29) is 13.1 Å². The Morgan fingerprint density at radius 3 is 1.37 bits per heavy atom. The first-order valence-corrected chi connectivity index (χ1v) is 14.8. The van der Waals surface area contributed by atoms with Gasteiger partial charge in [0.1, 0.15) is 0 Å². The maximum atomic E-state index is 5.00. The summed E-state index contributed by atoms with van der Waals surface area (Å²) in [5.74, 6) is 0.832. The standard InChI is InChI=1S/C29H35N3.2ClH.Fe/c1-18(2)24-14-9-12-20(5)28(24)30-22(7)26-16-11-17-27(32-26)23(8)31-29-21(6)13-10-15-25(29)19(3)4;;;/h9-19H,1-8H3;2*1H;/q;;;+2/p-2. The van der Waals surface area contributed by atoms with Crippen molar-refractivity contribution < 1.29 is 13.1 Å². The summed E-state index contributed by atoms with van der Waals surface area (Å²) in [6.45, 7) is 17.1. The summed E-state index contributed by atoms with van der Waals surface area (Å²) in [4.78, 5) is 14.9. The molecule has 0 saturated carbocycles. The zero-order chi connectivity index (χ0) is 26.1. The summed E-state index contributed by atoms with van der Waals surface area (Å²) in [5, 5.41) is 0. The van der Waals surface area contributed by atoms with Gasteiger partial charge in [-0.05, 0) is 73.9 Å². The van der Waals surface area contributed by atoms with E-state index in [1.807, 2.05) is 32.0 Å². The van der Waals surface area contributed by atoms with Crippen LogP contribution in [0, 0.1) is 13.8 Å². The van der Waals surface area contributed by atoms with Crippen LogP contribution in [0.4, 0.5) is 11.4 Å². The van der Waals surface area contributed by atoms with Crippen LogP contribution in [0.3, 0.4) is 0 Å². The van der Waals surface area contributed by atoms with Crippen molar-refractivity contribution >= 4 is 43.0 Å². The summed E-state index contributed by atoms with van der Waals surface area (Å²) in [6.07, 6.45) is 0. The Balaban J connectivity index is 0.00000137. The van der Waals surface area contributed by atoms with Gasteiger partial charge < -0.3 is 0 Å². The SMILES string of the molecule is CC(=Nc1c(C)cccc1C(C)C)c1cccc(C(C)=Nc2c(C)cccc2C(C)C)n1.[Cl][Fe][Cl]. The molecule has 3 nitrogen and oxygen atoms in total. The van der Waals surface area contributed by atoms with Crippen molar-refractivity contribution in [1.82, 2.24) is 4.98 Å². The number of aliphatic imine (C=N–C) groups is 2. The van der Waals surface area contributed by atoms with Gasteiger partial charge in [-0.25, -0.2) is 4.98 Å². The topological polar surface area (TPSA) is 37.6 Å². The number of nitrogens with zero attached hydrogens (tertiary/aromatic N) is 3. The summed E-state index contributed by atoms with van der Waals surface area (Å²) in [5.41, 5.74) is 10.6. The zero-order valence-electron chi connectivity index (χ0n) is 21.8. The van der Waals surface area contributed by atoms with Crippen molar-refractivity contribution in [3.05, 3.63) is 88.2 Å². The van der Waals surface area contributed by atoms with Crippen LogP contribution in [-0.4, -0.2) is 16.4 Å². The molecular weight excluding hydrogens is 517 g/mol. The minimum absolute atomic E-state index is 0.194. The first-order valence-electron chi connectivity index (χ1n) is 11.7. The molecule has 188 valence electrons. The van der Waals surface area contributed by atoms with Crippen LogP contribution in [0.15, 0.2) is 64.6 Å². The Morgan fingerprint density at radius 1 is 0.686 bits per heavy atom. The fraction of sp³-hybridized carbons (Fsp3) is 0.345. The molecule has 0 aliphatic rings. The minimum atomic E-state index is 0.194. The number of aromatic nitrogens is 1. The first kappa shape index (κ1) is 29.3. The summed E-state index contributed by atoms with van der Waals surface area (Å²) in [6, 6.07) is 18.9. The van der Waals surface area contributed by atoms with Crippen LogP contribution in [0.5, 0.6) is 0 Å². The molecule has 3 rings (SSSR count). The number of rotatable bonds is 6. The van der Waals surface area contributed by atoms with Crippen molar-refractivity contribution in [1.29, 1.82) is 0 Å². The number of hydrogen-bond donors (Lipinski definition) is 0. The second-order valence-electron chi connectivity index (χ2n) is 9.19. The third-order valence-corrected chi connectivity index (χ3v) is 5.83. The van der Waals surface area contributed by atoms with Crippen LogP contribution in [0.25, 0.3) is 0 Å². The summed E-state index contributed by atoms with van der Waals surface area (Å²) < 4.78 is 0. The molecule has 0 spiro atoms. The number of hydrogen-bond acceptors (Lipinski definition) is 3. The number of pyridine rings is 1. The second-order valence-corrected chi connectivity index (χ2v) is 11.0. The van der Waals surface area contributed by atoms with Gasteiger partial charge in [-0.1, -0.05) is 70.2 Å². The van der Waals surface area contributed by atoms with Gasteiger partial charge in [-0.3, -0.25) is 9.98 Å². The molecule has 1 heterocycles. The van der Waals surface area contributed by atoms with Gasteiger partial charge in [-0.15, -0.1) is 0 Å².